The Morgan fingerprint density at radius 2 is 2.17 bits per heavy atom. The molecule has 0 bridgehead atoms. The Bertz CT molecular complexity index is 437. The van der Waals surface area contributed by atoms with Crippen molar-refractivity contribution in [1.29, 1.82) is 0 Å². The smallest absolute Gasteiger partial charge is 0.320 e. The van der Waals surface area contributed by atoms with E-state index in [1.807, 2.05) is 20.8 Å². The summed E-state index contributed by atoms with van der Waals surface area (Å²) in [7, 11) is -0.973. The predicted molar refractivity (Wildman–Crippen MR) is 71.0 cm³/mol. The van der Waals surface area contributed by atoms with Crippen LogP contribution in [-0.4, -0.2) is 32.4 Å². The summed E-state index contributed by atoms with van der Waals surface area (Å²) in [5.41, 5.74) is 0. The molecule has 0 unspecified atom stereocenters. The van der Waals surface area contributed by atoms with Gasteiger partial charge in [-0.1, -0.05) is 5.16 Å². The van der Waals surface area contributed by atoms with E-state index in [0.29, 0.717) is 23.9 Å². The molecule has 1 aromatic heterocycles. The molecule has 0 saturated carbocycles. The highest BCUT2D eigenvalue weighted by molar-refractivity contribution is 7.86. The number of carbonyl (C=O) groups excluding carboxylic acids is 1. The summed E-state index contributed by atoms with van der Waals surface area (Å²) >= 11 is 0. The molecule has 0 spiro atoms. The first-order valence-corrected chi connectivity index (χ1v) is 6.97. The second kappa shape index (κ2) is 5.99. The SMILES string of the molecule is Cc1cc(NC(=O)NCC[S@@](=O)C(C)(C)C)no1. The summed E-state index contributed by atoms with van der Waals surface area (Å²) < 4.78 is 16.3. The maximum Gasteiger partial charge on any atom is 0.320 e. The molecule has 18 heavy (non-hydrogen) atoms. The van der Waals surface area contributed by atoms with E-state index in [1.54, 1.807) is 13.0 Å². The standard InChI is InChI=1S/C11H19N3O3S/c1-8-7-9(14-17-8)13-10(15)12-5-6-18(16)11(2,3)4/h7H,5-6H2,1-4H3,(H2,12,13,14,15)/t18-/m1/s1. The normalized spacial score (nSPS) is 13.1. The molecule has 1 atom stereocenters. The van der Waals surface area contributed by atoms with Crippen molar-refractivity contribution in [3.63, 3.8) is 0 Å². The van der Waals surface area contributed by atoms with Crippen molar-refractivity contribution in [2.45, 2.75) is 32.4 Å². The van der Waals surface area contributed by atoms with Gasteiger partial charge < -0.3 is 9.84 Å². The van der Waals surface area contributed by atoms with Crippen LogP contribution >= 0.6 is 0 Å². The van der Waals surface area contributed by atoms with Crippen molar-refractivity contribution in [3.8, 4) is 0 Å². The molecule has 0 aromatic carbocycles. The van der Waals surface area contributed by atoms with Gasteiger partial charge in [-0.05, 0) is 27.7 Å². The number of hydrogen-bond acceptors (Lipinski definition) is 4. The molecule has 1 aromatic rings. The minimum absolute atomic E-state index is 0.263. The number of nitrogens with zero attached hydrogens (tertiary/aromatic N) is 1. The topological polar surface area (TPSA) is 84.2 Å². The molecule has 2 N–H and O–H groups in total. The number of rotatable bonds is 4. The zero-order chi connectivity index (χ0) is 13.8. The van der Waals surface area contributed by atoms with Gasteiger partial charge in [0, 0.05) is 33.9 Å². The van der Waals surface area contributed by atoms with Gasteiger partial charge in [-0.2, -0.15) is 0 Å². The van der Waals surface area contributed by atoms with Crippen LogP contribution in [-0.2, 0) is 10.8 Å². The van der Waals surface area contributed by atoms with Crippen LogP contribution in [0, 0.1) is 6.92 Å². The Hall–Kier alpha value is -1.37. The van der Waals surface area contributed by atoms with Gasteiger partial charge in [0.05, 0.1) is 0 Å². The molecule has 0 fully saturated rings. The van der Waals surface area contributed by atoms with Crippen LogP contribution in [0.2, 0.25) is 0 Å². The second-order valence-electron chi connectivity index (χ2n) is 4.87. The van der Waals surface area contributed by atoms with Gasteiger partial charge in [0.1, 0.15) is 5.76 Å². The zero-order valence-electron chi connectivity index (χ0n) is 11.1. The Morgan fingerprint density at radius 1 is 1.50 bits per heavy atom. The lowest BCUT2D eigenvalue weighted by Crippen LogP contribution is -2.35. The highest BCUT2D eigenvalue weighted by Gasteiger charge is 2.18. The molecule has 2 amide bonds. The van der Waals surface area contributed by atoms with Gasteiger partial charge in [0.15, 0.2) is 5.82 Å². The molecule has 0 radical (unpaired) electrons. The van der Waals surface area contributed by atoms with Crippen LogP contribution in [0.4, 0.5) is 10.6 Å². The van der Waals surface area contributed by atoms with Gasteiger partial charge in [0.2, 0.25) is 0 Å². The van der Waals surface area contributed by atoms with Crippen LogP contribution in [0.5, 0.6) is 0 Å². The van der Waals surface area contributed by atoms with E-state index in [4.69, 9.17) is 4.52 Å². The van der Waals surface area contributed by atoms with Gasteiger partial charge in [0.25, 0.3) is 0 Å². The van der Waals surface area contributed by atoms with E-state index in [9.17, 15) is 9.00 Å². The highest BCUT2D eigenvalue weighted by Crippen LogP contribution is 2.10. The van der Waals surface area contributed by atoms with Crippen molar-refractivity contribution < 1.29 is 13.5 Å². The minimum atomic E-state index is -0.973. The van der Waals surface area contributed by atoms with E-state index in [0.717, 1.165) is 0 Å². The van der Waals surface area contributed by atoms with Crippen LogP contribution < -0.4 is 10.6 Å². The minimum Gasteiger partial charge on any atom is -0.360 e. The number of anilines is 1. The monoisotopic (exact) mass is 273 g/mol. The average Bonchev–Trinajstić information content (AvgIpc) is 2.62. The fraction of sp³-hybridized carbons (Fsp3) is 0.636. The molecule has 0 aliphatic carbocycles. The first kappa shape index (κ1) is 14.7. The molecule has 1 heterocycles. The first-order chi connectivity index (χ1) is 8.29. The fourth-order valence-corrected chi connectivity index (χ4v) is 2.05. The Morgan fingerprint density at radius 3 is 2.67 bits per heavy atom. The van der Waals surface area contributed by atoms with Gasteiger partial charge in [-0.3, -0.25) is 9.53 Å². The fourth-order valence-electron chi connectivity index (χ4n) is 1.15. The molecular formula is C11H19N3O3S. The summed E-state index contributed by atoms with van der Waals surface area (Å²) in [6, 6.07) is 1.24. The third-order valence-electron chi connectivity index (χ3n) is 2.13. The number of urea groups is 1. The van der Waals surface area contributed by atoms with E-state index in [2.05, 4.69) is 15.8 Å². The van der Waals surface area contributed by atoms with E-state index < -0.39 is 10.8 Å². The molecule has 102 valence electrons. The van der Waals surface area contributed by atoms with Gasteiger partial charge >= 0.3 is 6.03 Å². The Balaban J connectivity index is 2.28. The third-order valence-corrected chi connectivity index (χ3v) is 4.07. The molecule has 0 saturated heterocycles. The number of aryl methyl sites for hydroxylation is 1. The lowest BCUT2D eigenvalue weighted by Gasteiger charge is -2.17. The number of amides is 2. The van der Waals surface area contributed by atoms with E-state index in [1.165, 1.54) is 0 Å². The number of aromatic nitrogens is 1. The molecule has 7 heteroatoms. The number of hydrogen-bond donors (Lipinski definition) is 2. The Kier molecular flexibility index (Phi) is 4.89. The maximum absolute atomic E-state index is 11.7. The van der Waals surface area contributed by atoms with Gasteiger partial charge in [-0.25, -0.2) is 4.79 Å². The zero-order valence-corrected chi connectivity index (χ0v) is 11.9. The van der Waals surface area contributed by atoms with E-state index >= 15 is 0 Å². The molecule has 0 aliphatic rings. The first-order valence-electron chi connectivity index (χ1n) is 5.65. The summed E-state index contributed by atoms with van der Waals surface area (Å²) in [4.78, 5) is 11.5. The van der Waals surface area contributed by atoms with E-state index in [-0.39, 0.29) is 10.8 Å². The van der Waals surface area contributed by atoms with Crippen molar-refractivity contribution in [3.05, 3.63) is 11.8 Å². The van der Waals surface area contributed by atoms with Crippen molar-refractivity contribution in [2.24, 2.45) is 0 Å². The number of carbonyl (C=O) groups is 1. The summed E-state index contributed by atoms with van der Waals surface area (Å²) in [6.45, 7) is 7.80. The van der Waals surface area contributed by atoms with Crippen molar-refractivity contribution >= 4 is 22.6 Å². The highest BCUT2D eigenvalue weighted by atomic mass is 32.2. The van der Waals surface area contributed by atoms with Crippen LogP contribution in [0.1, 0.15) is 26.5 Å². The Labute approximate surface area is 109 Å². The molecule has 0 aliphatic heterocycles. The average molecular weight is 273 g/mol. The summed E-state index contributed by atoms with van der Waals surface area (Å²) in [5, 5.41) is 8.77. The lowest BCUT2D eigenvalue weighted by atomic mass is 10.3. The number of nitrogens with one attached hydrogen (secondary N) is 2. The maximum atomic E-state index is 11.7. The second-order valence-corrected chi connectivity index (χ2v) is 7.19. The summed E-state index contributed by atoms with van der Waals surface area (Å²) in [6.07, 6.45) is 0. The van der Waals surface area contributed by atoms with Crippen LogP contribution in [0.3, 0.4) is 0 Å². The lowest BCUT2D eigenvalue weighted by molar-refractivity contribution is 0.252. The largest absolute Gasteiger partial charge is 0.360 e. The molecule has 6 nitrogen and oxygen atoms in total. The summed E-state index contributed by atoms with van der Waals surface area (Å²) in [5.74, 6) is 1.41. The third kappa shape index (κ3) is 4.87. The van der Waals surface area contributed by atoms with Gasteiger partial charge in [-0.15, -0.1) is 0 Å². The van der Waals surface area contributed by atoms with Crippen LogP contribution in [0.15, 0.2) is 10.6 Å². The van der Waals surface area contributed by atoms with Crippen molar-refractivity contribution in [2.75, 3.05) is 17.6 Å². The molecular weight excluding hydrogens is 254 g/mol. The molecule has 1 rings (SSSR count). The van der Waals surface area contributed by atoms with Crippen molar-refractivity contribution in [1.82, 2.24) is 10.5 Å². The van der Waals surface area contributed by atoms with Crippen LogP contribution in [0.25, 0.3) is 0 Å². The quantitative estimate of drug-likeness (QED) is 0.873. The predicted octanol–water partition coefficient (Wildman–Crippen LogP) is 1.65.